The fraction of sp³-hybridized carbons (Fsp3) is 0.500. The number of nitrogens with zero attached hydrogens (tertiary/aromatic N) is 1. The van der Waals surface area contributed by atoms with Gasteiger partial charge in [-0.05, 0) is 25.8 Å². The van der Waals surface area contributed by atoms with Gasteiger partial charge < -0.3 is 15.2 Å². The molecule has 0 saturated carbocycles. The lowest BCUT2D eigenvalue weighted by atomic mass is 10.2. The van der Waals surface area contributed by atoms with E-state index in [2.05, 4.69) is 10.3 Å². The summed E-state index contributed by atoms with van der Waals surface area (Å²) in [6.07, 6.45) is 3.46. The van der Waals surface area contributed by atoms with E-state index >= 15 is 0 Å². The van der Waals surface area contributed by atoms with Crippen LogP contribution in [0.15, 0.2) is 18.3 Å². The lowest BCUT2D eigenvalue weighted by Crippen LogP contribution is -2.03. The van der Waals surface area contributed by atoms with Crippen molar-refractivity contribution in [2.45, 2.75) is 26.2 Å². The first kappa shape index (κ1) is 13.3. The monoisotopic (exact) mass is 238 g/mol. The van der Waals surface area contributed by atoms with Crippen LogP contribution in [0.2, 0.25) is 0 Å². The highest BCUT2D eigenvalue weighted by Crippen LogP contribution is 2.11. The number of hydrogen-bond acceptors (Lipinski definition) is 4. The van der Waals surface area contributed by atoms with Crippen molar-refractivity contribution in [1.29, 1.82) is 0 Å². The summed E-state index contributed by atoms with van der Waals surface area (Å²) in [6, 6.07) is 3.71. The first-order valence-electron chi connectivity index (χ1n) is 5.77. The second-order valence-corrected chi connectivity index (χ2v) is 3.60. The third-order valence-corrected chi connectivity index (χ3v) is 2.18. The van der Waals surface area contributed by atoms with Crippen molar-refractivity contribution >= 4 is 11.7 Å². The summed E-state index contributed by atoms with van der Waals surface area (Å²) in [5.74, 6) is -0.128. The highest BCUT2D eigenvalue weighted by molar-refractivity contribution is 5.66. The van der Waals surface area contributed by atoms with Crippen LogP contribution in [0.3, 0.4) is 0 Å². The number of carboxylic acid groups (broad SMARTS) is 1. The van der Waals surface area contributed by atoms with Gasteiger partial charge in [0.25, 0.3) is 0 Å². The number of ether oxygens (including phenoxy) is 1. The minimum Gasteiger partial charge on any atom is -0.481 e. The predicted molar refractivity (Wildman–Crippen MR) is 65.4 cm³/mol. The first-order valence-corrected chi connectivity index (χ1v) is 5.77. The summed E-state index contributed by atoms with van der Waals surface area (Å²) in [6.45, 7) is 3.27. The van der Waals surface area contributed by atoms with Crippen molar-refractivity contribution in [3.63, 3.8) is 0 Å². The quantitative estimate of drug-likeness (QED) is 0.679. The van der Waals surface area contributed by atoms with Crippen LogP contribution in [0.5, 0.6) is 5.88 Å². The molecule has 2 N–H and O–H groups in total. The minimum atomic E-state index is -0.743. The molecule has 0 aliphatic rings. The highest BCUT2D eigenvalue weighted by Gasteiger charge is 1.97. The van der Waals surface area contributed by atoms with Gasteiger partial charge in [0.15, 0.2) is 0 Å². The number of nitrogens with one attached hydrogen (secondary N) is 1. The van der Waals surface area contributed by atoms with E-state index in [0.717, 1.165) is 18.7 Å². The highest BCUT2D eigenvalue weighted by atomic mass is 16.5. The molecule has 1 aromatic heterocycles. The second kappa shape index (κ2) is 7.49. The average Bonchev–Trinajstić information content (AvgIpc) is 2.31. The molecule has 17 heavy (non-hydrogen) atoms. The Hall–Kier alpha value is -1.78. The van der Waals surface area contributed by atoms with Gasteiger partial charge in [-0.2, -0.15) is 0 Å². The van der Waals surface area contributed by atoms with Crippen molar-refractivity contribution in [1.82, 2.24) is 4.98 Å². The number of rotatable bonds is 8. The van der Waals surface area contributed by atoms with Crippen molar-refractivity contribution in [2.75, 3.05) is 18.5 Å². The molecule has 0 radical (unpaired) electrons. The number of anilines is 1. The standard InChI is InChI=1S/C12H18N2O3/c1-2-17-11-7-6-10(9-14-11)13-8-4-3-5-12(15)16/h6-7,9,13H,2-5,8H2,1H3,(H,15,16). The Morgan fingerprint density at radius 3 is 2.88 bits per heavy atom. The Balaban J connectivity index is 2.20. The van der Waals surface area contributed by atoms with Gasteiger partial charge in [-0.15, -0.1) is 0 Å². The zero-order valence-electron chi connectivity index (χ0n) is 9.98. The van der Waals surface area contributed by atoms with Crippen LogP contribution in [0.25, 0.3) is 0 Å². The molecular weight excluding hydrogens is 220 g/mol. The molecule has 94 valence electrons. The molecule has 0 spiro atoms. The van der Waals surface area contributed by atoms with E-state index in [-0.39, 0.29) is 6.42 Å². The molecule has 0 aliphatic carbocycles. The average molecular weight is 238 g/mol. The summed E-state index contributed by atoms with van der Waals surface area (Å²) in [4.78, 5) is 14.4. The molecule has 1 aromatic rings. The van der Waals surface area contributed by atoms with Gasteiger partial charge in [-0.3, -0.25) is 4.79 Å². The van der Waals surface area contributed by atoms with Gasteiger partial charge in [-0.25, -0.2) is 4.98 Å². The Kier molecular flexibility index (Phi) is 5.85. The molecule has 0 aliphatic heterocycles. The summed E-state index contributed by atoms with van der Waals surface area (Å²) in [5.41, 5.74) is 0.920. The molecule has 0 saturated heterocycles. The molecule has 1 rings (SSSR count). The summed E-state index contributed by atoms with van der Waals surface area (Å²) < 4.78 is 5.23. The number of carbonyl (C=O) groups is 1. The molecule has 5 heteroatoms. The summed E-state index contributed by atoms with van der Waals surface area (Å²) in [7, 11) is 0. The van der Waals surface area contributed by atoms with Crippen molar-refractivity contribution in [3.05, 3.63) is 18.3 Å². The smallest absolute Gasteiger partial charge is 0.303 e. The van der Waals surface area contributed by atoms with Crippen LogP contribution in [0, 0.1) is 0 Å². The summed E-state index contributed by atoms with van der Waals surface area (Å²) in [5, 5.41) is 11.6. The fourth-order valence-corrected chi connectivity index (χ4v) is 1.35. The number of pyridine rings is 1. The number of hydrogen-bond donors (Lipinski definition) is 2. The van der Waals surface area contributed by atoms with Gasteiger partial charge in [-0.1, -0.05) is 0 Å². The van der Waals surface area contributed by atoms with E-state index in [1.807, 2.05) is 19.1 Å². The second-order valence-electron chi connectivity index (χ2n) is 3.60. The molecule has 0 amide bonds. The fourth-order valence-electron chi connectivity index (χ4n) is 1.35. The molecule has 0 aromatic carbocycles. The van der Waals surface area contributed by atoms with Gasteiger partial charge in [0.1, 0.15) is 0 Å². The van der Waals surface area contributed by atoms with Gasteiger partial charge in [0.2, 0.25) is 5.88 Å². The van der Waals surface area contributed by atoms with Gasteiger partial charge in [0, 0.05) is 19.0 Å². The Bertz CT molecular complexity index is 338. The maximum atomic E-state index is 10.3. The van der Waals surface area contributed by atoms with Crippen LogP contribution >= 0.6 is 0 Å². The van der Waals surface area contributed by atoms with Crippen LogP contribution in [-0.4, -0.2) is 29.2 Å². The maximum absolute atomic E-state index is 10.3. The topological polar surface area (TPSA) is 71.5 Å². The van der Waals surface area contributed by atoms with E-state index in [4.69, 9.17) is 9.84 Å². The third kappa shape index (κ3) is 5.75. The molecule has 0 fully saturated rings. The van der Waals surface area contributed by atoms with Crippen molar-refractivity contribution in [2.24, 2.45) is 0 Å². The van der Waals surface area contributed by atoms with E-state index in [0.29, 0.717) is 18.9 Å². The van der Waals surface area contributed by atoms with E-state index < -0.39 is 5.97 Å². The maximum Gasteiger partial charge on any atom is 0.303 e. The summed E-state index contributed by atoms with van der Waals surface area (Å²) >= 11 is 0. The normalized spacial score (nSPS) is 9.94. The molecule has 0 unspecified atom stereocenters. The molecule has 1 heterocycles. The number of unbranched alkanes of at least 4 members (excludes halogenated alkanes) is 1. The zero-order chi connectivity index (χ0) is 12.5. The lowest BCUT2D eigenvalue weighted by Gasteiger charge is -2.06. The van der Waals surface area contributed by atoms with Crippen LogP contribution < -0.4 is 10.1 Å². The Morgan fingerprint density at radius 2 is 2.29 bits per heavy atom. The largest absolute Gasteiger partial charge is 0.481 e. The minimum absolute atomic E-state index is 0.225. The molecule has 5 nitrogen and oxygen atoms in total. The van der Waals surface area contributed by atoms with E-state index in [9.17, 15) is 4.79 Å². The molecular formula is C12H18N2O3. The third-order valence-electron chi connectivity index (χ3n) is 2.18. The van der Waals surface area contributed by atoms with Gasteiger partial charge >= 0.3 is 5.97 Å². The van der Waals surface area contributed by atoms with Crippen LogP contribution in [0.4, 0.5) is 5.69 Å². The van der Waals surface area contributed by atoms with Crippen molar-refractivity contribution < 1.29 is 14.6 Å². The number of aliphatic carboxylic acids is 1. The van der Waals surface area contributed by atoms with E-state index in [1.54, 1.807) is 6.20 Å². The van der Waals surface area contributed by atoms with Crippen LogP contribution in [-0.2, 0) is 4.79 Å². The van der Waals surface area contributed by atoms with Crippen molar-refractivity contribution in [3.8, 4) is 5.88 Å². The predicted octanol–water partition coefficient (Wildman–Crippen LogP) is 2.15. The first-order chi connectivity index (χ1) is 8.22. The molecule has 0 bridgehead atoms. The van der Waals surface area contributed by atoms with E-state index in [1.165, 1.54) is 0 Å². The lowest BCUT2D eigenvalue weighted by molar-refractivity contribution is -0.137. The van der Waals surface area contributed by atoms with Crippen LogP contribution in [0.1, 0.15) is 26.2 Å². The van der Waals surface area contributed by atoms with Gasteiger partial charge in [0.05, 0.1) is 18.5 Å². The SMILES string of the molecule is CCOc1ccc(NCCCCC(=O)O)cn1. The Labute approximate surface area is 101 Å². The zero-order valence-corrected chi connectivity index (χ0v) is 9.98. The number of carboxylic acids is 1. The molecule has 0 atom stereocenters. The number of aromatic nitrogens is 1. The Morgan fingerprint density at radius 1 is 1.47 bits per heavy atom.